The molecule has 4 rings (SSSR count). The molecule has 1 aliphatic heterocycles. The highest BCUT2D eigenvalue weighted by atomic mass is 35.5. The minimum absolute atomic E-state index is 0.166. The lowest BCUT2D eigenvalue weighted by molar-refractivity contribution is -0.131. The van der Waals surface area contributed by atoms with E-state index >= 15 is 0 Å². The van der Waals surface area contributed by atoms with Crippen molar-refractivity contribution in [3.8, 4) is 5.69 Å². The average Bonchev–Trinajstić information content (AvgIpc) is 3.35. The number of rotatable bonds is 4. The molecule has 1 fully saturated rings. The zero-order chi connectivity index (χ0) is 20.5. The van der Waals surface area contributed by atoms with Crippen LogP contribution in [0.3, 0.4) is 0 Å². The zero-order valence-electron chi connectivity index (χ0n) is 17.0. The Labute approximate surface area is 180 Å². The molecule has 0 aliphatic carbocycles. The van der Waals surface area contributed by atoms with Gasteiger partial charge in [0.05, 0.1) is 22.8 Å². The van der Waals surface area contributed by atoms with Crippen molar-refractivity contribution in [3.63, 3.8) is 0 Å². The Balaban J connectivity index is 1.52. The molecule has 1 unspecified atom stereocenters. The van der Waals surface area contributed by atoms with Gasteiger partial charge in [0.25, 0.3) is 0 Å². The Kier molecular flexibility index (Phi) is 5.74. The van der Waals surface area contributed by atoms with Gasteiger partial charge in [0, 0.05) is 46.9 Å². The number of aromatic nitrogens is 3. The molecule has 3 heterocycles. The van der Waals surface area contributed by atoms with Crippen LogP contribution in [0.25, 0.3) is 5.69 Å². The smallest absolute Gasteiger partial charge is 0.227 e. The molecule has 29 heavy (non-hydrogen) atoms. The van der Waals surface area contributed by atoms with Crippen molar-refractivity contribution in [2.75, 3.05) is 13.1 Å². The molecule has 1 saturated heterocycles. The minimum Gasteiger partial charge on any atom is -0.342 e. The van der Waals surface area contributed by atoms with Gasteiger partial charge >= 0.3 is 0 Å². The maximum atomic E-state index is 13.1. The molecule has 152 valence electrons. The van der Waals surface area contributed by atoms with Crippen molar-refractivity contribution in [1.82, 2.24) is 19.7 Å². The standard InChI is InChI=1S/C22H25ClN4OS/c1-14-6-7-18(11-20(14)23)27-16(3)19(15(2)25-27)12-21(28)26-9-4-5-17(13-26)22-24-8-10-29-22/h6-8,10-11,17H,4-5,9,12-13H2,1-3H3. The van der Waals surface area contributed by atoms with E-state index in [0.717, 1.165) is 59.1 Å². The predicted molar refractivity (Wildman–Crippen MR) is 117 cm³/mol. The summed E-state index contributed by atoms with van der Waals surface area (Å²) in [4.78, 5) is 19.5. The number of thiazole rings is 1. The summed E-state index contributed by atoms with van der Waals surface area (Å²) < 4.78 is 1.89. The van der Waals surface area contributed by atoms with Gasteiger partial charge in [-0.3, -0.25) is 4.79 Å². The van der Waals surface area contributed by atoms with E-state index < -0.39 is 0 Å². The van der Waals surface area contributed by atoms with Crippen molar-refractivity contribution in [1.29, 1.82) is 0 Å². The highest BCUT2D eigenvalue weighted by molar-refractivity contribution is 7.09. The maximum Gasteiger partial charge on any atom is 0.227 e. The number of hydrogen-bond donors (Lipinski definition) is 0. The van der Waals surface area contributed by atoms with Crippen LogP contribution in [0.4, 0.5) is 0 Å². The molecular formula is C22H25ClN4OS. The maximum absolute atomic E-state index is 13.1. The van der Waals surface area contributed by atoms with Gasteiger partial charge in [-0.1, -0.05) is 17.7 Å². The Bertz CT molecular complexity index is 1030. The van der Waals surface area contributed by atoms with Crippen molar-refractivity contribution in [2.24, 2.45) is 0 Å². The number of hydrogen-bond acceptors (Lipinski definition) is 4. The molecule has 2 aromatic heterocycles. The molecule has 7 heteroatoms. The minimum atomic E-state index is 0.166. The van der Waals surface area contributed by atoms with Crippen LogP contribution in [0.5, 0.6) is 0 Å². The number of likely N-dealkylation sites (tertiary alicyclic amines) is 1. The summed E-state index contributed by atoms with van der Waals surface area (Å²) in [6.45, 7) is 7.54. The first-order valence-corrected chi connectivity index (χ1v) is 11.2. The van der Waals surface area contributed by atoms with Gasteiger partial charge in [0.2, 0.25) is 5.91 Å². The molecule has 0 radical (unpaired) electrons. The van der Waals surface area contributed by atoms with Crippen LogP contribution < -0.4 is 0 Å². The van der Waals surface area contributed by atoms with E-state index in [2.05, 4.69) is 10.1 Å². The fourth-order valence-corrected chi connectivity index (χ4v) is 4.94. The first-order valence-electron chi connectivity index (χ1n) is 9.93. The summed E-state index contributed by atoms with van der Waals surface area (Å²) in [5.41, 5.74) is 4.84. The van der Waals surface area contributed by atoms with Crippen LogP contribution in [-0.2, 0) is 11.2 Å². The highest BCUT2D eigenvalue weighted by Crippen LogP contribution is 2.29. The summed E-state index contributed by atoms with van der Waals surface area (Å²) >= 11 is 7.98. The normalized spacial score (nSPS) is 17.0. The van der Waals surface area contributed by atoms with Crippen LogP contribution in [0, 0.1) is 20.8 Å². The Morgan fingerprint density at radius 1 is 1.31 bits per heavy atom. The van der Waals surface area contributed by atoms with E-state index in [4.69, 9.17) is 11.6 Å². The number of aryl methyl sites for hydroxylation is 2. The number of benzene rings is 1. The van der Waals surface area contributed by atoms with E-state index in [1.54, 1.807) is 11.3 Å². The van der Waals surface area contributed by atoms with Gasteiger partial charge in [-0.25, -0.2) is 9.67 Å². The van der Waals surface area contributed by atoms with Gasteiger partial charge < -0.3 is 4.90 Å². The number of halogens is 1. The lowest BCUT2D eigenvalue weighted by Gasteiger charge is -2.32. The van der Waals surface area contributed by atoms with E-state index in [1.165, 1.54) is 0 Å². The monoisotopic (exact) mass is 428 g/mol. The van der Waals surface area contributed by atoms with Crippen LogP contribution in [0.2, 0.25) is 5.02 Å². The lowest BCUT2D eigenvalue weighted by atomic mass is 9.98. The summed E-state index contributed by atoms with van der Waals surface area (Å²) in [6.07, 6.45) is 4.34. The van der Waals surface area contributed by atoms with Crippen molar-refractivity contribution >= 4 is 28.8 Å². The number of piperidine rings is 1. The topological polar surface area (TPSA) is 51.0 Å². The fraction of sp³-hybridized carbons (Fsp3) is 0.409. The van der Waals surface area contributed by atoms with E-state index in [0.29, 0.717) is 17.4 Å². The molecule has 0 saturated carbocycles. The number of carbonyl (C=O) groups excluding carboxylic acids is 1. The molecule has 0 spiro atoms. The first-order chi connectivity index (χ1) is 13.9. The summed E-state index contributed by atoms with van der Waals surface area (Å²) in [5.74, 6) is 0.520. The van der Waals surface area contributed by atoms with E-state index in [9.17, 15) is 4.79 Å². The molecule has 0 bridgehead atoms. The second-order valence-electron chi connectivity index (χ2n) is 7.72. The molecule has 1 aliphatic rings. The van der Waals surface area contributed by atoms with Crippen molar-refractivity contribution in [2.45, 2.75) is 46.0 Å². The summed E-state index contributed by atoms with van der Waals surface area (Å²) in [6, 6.07) is 5.92. The van der Waals surface area contributed by atoms with Gasteiger partial charge in [0.15, 0.2) is 0 Å². The van der Waals surface area contributed by atoms with Crippen LogP contribution in [-0.4, -0.2) is 38.7 Å². The Morgan fingerprint density at radius 3 is 2.86 bits per heavy atom. The third-order valence-electron chi connectivity index (χ3n) is 5.74. The van der Waals surface area contributed by atoms with Gasteiger partial charge in [-0.05, 0) is 51.3 Å². The van der Waals surface area contributed by atoms with Gasteiger partial charge in [-0.2, -0.15) is 5.10 Å². The summed E-state index contributed by atoms with van der Waals surface area (Å²) in [7, 11) is 0. The average molecular weight is 429 g/mol. The quantitative estimate of drug-likeness (QED) is 0.596. The van der Waals surface area contributed by atoms with Crippen LogP contribution in [0.1, 0.15) is 46.3 Å². The van der Waals surface area contributed by atoms with Crippen LogP contribution in [0.15, 0.2) is 29.8 Å². The second kappa shape index (κ2) is 8.28. The number of nitrogens with zero attached hydrogens (tertiary/aromatic N) is 4. The van der Waals surface area contributed by atoms with Gasteiger partial charge in [-0.15, -0.1) is 11.3 Å². The molecule has 5 nitrogen and oxygen atoms in total. The molecule has 1 aromatic carbocycles. The lowest BCUT2D eigenvalue weighted by Crippen LogP contribution is -2.40. The fourth-order valence-electron chi connectivity index (χ4n) is 4.00. The van der Waals surface area contributed by atoms with E-state index in [1.807, 2.05) is 60.1 Å². The third-order valence-corrected chi connectivity index (χ3v) is 7.09. The molecule has 1 atom stereocenters. The number of amides is 1. The second-order valence-corrected chi connectivity index (χ2v) is 9.05. The van der Waals surface area contributed by atoms with E-state index in [-0.39, 0.29) is 5.91 Å². The third kappa shape index (κ3) is 4.09. The number of carbonyl (C=O) groups is 1. The molecule has 0 N–H and O–H groups in total. The van der Waals surface area contributed by atoms with Crippen molar-refractivity contribution < 1.29 is 4.79 Å². The molecular weight excluding hydrogens is 404 g/mol. The largest absolute Gasteiger partial charge is 0.342 e. The Morgan fingerprint density at radius 2 is 2.14 bits per heavy atom. The first kappa shape index (κ1) is 20.1. The summed E-state index contributed by atoms with van der Waals surface area (Å²) in [5, 5.41) is 8.55. The van der Waals surface area contributed by atoms with Crippen molar-refractivity contribution in [3.05, 3.63) is 62.3 Å². The molecule has 3 aromatic rings. The Hall–Kier alpha value is -2.18. The predicted octanol–water partition coefficient (Wildman–Crippen LogP) is 4.86. The highest BCUT2D eigenvalue weighted by Gasteiger charge is 2.27. The van der Waals surface area contributed by atoms with Gasteiger partial charge in [0.1, 0.15) is 0 Å². The SMILES string of the molecule is Cc1ccc(-n2nc(C)c(CC(=O)N3CCCC(c4nccs4)C3)c2C)cc1Cl. The van der Waals surface area contributed by atoms with Crippen LogP contribution >= 0.6 is 22.9 Å². The zero-order valence-corrected chi connectivity index (χ0v) is 18.6. The molecule has 1 amide bonds.